The Hall–Kier alpha value is -2.35. The van der Waals surface area contributed by atoms with Gasteiger partial charge in [0.15, 0.2) is 0 Å². The molecular weight excluding hydrogens is 675 g/mol. The summed E-state index contributed by atoms with van der Waals surface area (Å²) in [5.41, 5.74) is 3.74. The molecule has 0 spiro atoms. The summed E-state index contributed by atoms with van der Waals surface area (Å²) in [6.45, 7) is 8.77. The van der Waals surface area contributed by atoms with Crippen LogP contribution in [0.1, 0.15) is 24.8 Å². The molecular formula is C29H37BrCl2N8O2S. The summed E-state index contributed by atoms with van der Waals surface area (Å²) < 4.78 is 26.8. The Balaban J connectivity index is 1.28. The average molecular weight is 713 g/mol. The van der Waals surface area contributed by atoms with Crippen molar-refractivity contribution in [3.05, 3.63) is 56.6 Å². The van der Waals surface area contributed by atoms with Gasteiger partial charge in [0.25, 0.3) is 0 Å². The normalized spacial score (nSPS) is 17.5. The van der Waals surface area contributed by atoms with E-state index >= 15 is 0 Å². The predicted molar refractivity (Wildman–Crippen MR) is 181 cm³/mol. The third-order valence-corrected chi connectivity index (χ3v) is 9.60. The second kappa shape index (κ2) is 13.7. The van der Waals surface area contributed by atoms with E-state index in [0.717, 1.165) is 56.5 Å². The average Bonchev–Trinajstić information content (AvgIpc) is 3.17. The van der Waals surface area contributed by atoms with Gasteiger partial charge in [-0.05, 0) is 98.1 Å². The Kier molecular flexibility index (Phi) is 10.2. The van der Waals surface area contributed by atoms with E-state index in [1.807, 2.05) is 12.1 Å². The maximum absolute atomic E-state index is 11.9. The fraction of sp³-hybridized carbons (Fsp3) is 0.448. The zero-order valence-electron chi connectivity index (χ0n) is 24.5. The van der Waals surface area contributed by atoms with Crippen molar-refractivity contribution in [2.24, 2.45) is 0 Å². The largest absolute Gasteiger partial charge is 0.371 e. The van der Waals surface area contributed by atoms with Crippen molar-refractivity contribution in [2.75, 3.05) is 72.8 Å². The SMILES string of the molecule is Cc1cc(Nc2ncc(Br)c(Nc3cc(Cl)ccc3NS(C)(=O)=O)n2)c(Cl)cc1N1CCC(N2CCCN(C)CC2)CC1. The standard InChI is InChI=1S/C29H37BrCl2N8O2S/c1-19-15-25(23(32)17-27(19)40-11-7-21(8-12-40)39-10-4-9-38(2)13-14-39)35-29-33-18-22(30)28(36-29)34-26-16-20(31)5-6-24(26)37-43(3,41)42/h5-6,15-18,21,37H,4,7-14H2,1-3H3,(H2,33,34,35,36). The molecule has 2 aliphatic heterocycles. The zero-order chi connectivity index (χ0) is 30.7. The lowest BCUT2D eigenvalue weighted by molar-refractivity contribution is 0.174. The molecule has 0 saturated carbocycles. The van der Waals surface area contributed by atoms with Crippen LogP contribution in [0.15, 0.2) is 41.0 Å². The van der Waals surface area contributed by atoms with Crippen LogP contribution in [0.5, 0.6) is 0 Å². The number of aromatic nitrogens is 2. The molecule has 0 amide bonds. The molecule has 1 aromatic heterocycles. The van der Waals surface area contributed by atoms with E-state index in [1.165, 1.54) is 19.5 Å². The van der Waals surface area contributed by atoms with Crippen molar-refractivity contribution in [3.63, 3.8) is 0 Å². The summed E-state index contributed by atoms with van der Waals surface area (Å²) in [5, 5.41) is 7.40. The summed E-state index contributed by atoms with van der Waals surface area (Å²) in [5.74, 6) is 0.739. The number of nitrogens with one attached hydrogen (secondary N) is 3. The summed E-state index contributed by atoms with van der Waals surface area (Å²) in [6, 6.07) is 9.49. The van der Waals surface area contributed by atoms with Gasteiger partial charge in [0.2, 0.25) is 16.0 Å². The first-order chi connectivity index (χ1) is 20.4. The molecule has 2 fully saturated rings. The van der Waals surface area contributed by atoms with Gasteiger partial charge in [0.05, 0.1) is 32.8 Å². The molecule has 43 heavy (non-hydrogen) atoms. The van der Waals surface area contributed by atoms with Crippen molar-refractivity contribution in [1.82, 2.24) is 19.8 Å². The Bertz CT molecular complexity index is 1570. The lowest BCUT2D eigenvalue weighted by Crippen LogP contribution is -2.46. The topological polar surface area (TPSA) is 106 Å². The molecule has 0 radical (unpaired) electrons. The Labute approximate surface area is 272 Å². The maximum Gasteiger partial charge on any atom is 0.229 e. The van der Waals surface area contributed by atoms with Crippen LogP contribution < -0.4 is 20.3 Å². The number of nitrogens with zero attached hydrogens (tertiary/aromatic N) is 5. The number of hydrogen-bond acceptors (Lipinski definition) is 9. The number of piperidine rings is 1. The molecule has 232 valence electrons. The molecule has 14 heteroatoms. The molecule has 3 heterocycles. The minimum absolute atomic E-state index is 0.323. The number of hydrogen-bond donors (Lipinski definition) is 3. The van der Waals surface area contributed by atoms with Crippen molar-refractivity contribution >= 4 is 83.7 Å². The van der Waals surface area contributed by atoms with Crippen LogP contribution in [-0.2, 0) is 10.0 Å². The number of likely N-dealkylation sites (N-methyl/N-ethyl adjacent to an activating group) is 1. The summed E-state index contributed by atoms with van der Waals surface area (Å²) in [7, 11) is -1.29. The third-order valence-electron chi connectivity index (χ3n) is 7.88. The first kappa shape index (κ1) is 32.1. The smallest absolute Gasteiger partial charge is 0.229 e. The predicted octanol–water partition coefficient (Wildman–Crippen LogP) is 6.32. The first-order valence-electron chi connectivity index (χ1n) is 14.3. The van der Waals surface area contributed by atoms with Crippen molar-refractivity contribution in [3.8, 4) is 0 Å². The van der Waals surface area contributed by atoms with Crippen LogP contribution in [0, 0.1) is 6.92 Å². The molecule has 2 saturated heterocycles. The first-order valence-corrected chi connectivity index (χ1v) is 17.7. The van der Waals surface area contributed by atoms with Gasteiger partial charge in [-0.2, -0.15) is 4.98 Å². The van der Waals surface area contributed by atoms with Gasteiger partial charge in [0, 0.05) is 49.1 Å². The Morgan fingerprint density at radius 1 is 0.953 bits per heavy atom. The fourth-order valence-corrected chi connectivity index (χ4v) is 6.93. The molecule has 2 aromatic carbocycles. The highest BCUT2D eigenvalue weighted by Gasteiger charge is 2.27. The van der Waals surface area contributed by atoms with Gasteiger partial charge in [-0.1, -0.05) is 23.2 Å². The lowest BCUT2D eigenvalue weighted by atomic mass is 10.0. The minimum atomic E-state index is -3.51. The second-order valence-electron chi connectivity index (χ2n) is 11.2. The number of benzene rings is 2. The molecule has 0 bridgehead atoms. The number of halogens is 3. The van der Waals surface area contributed by atoms with Crippen molar-refractivity contribution in [2.45, 2.75) is 32.2 Å². The Morgan fingerprint density at radius 2 is 1.72 bits per heavy atom. The molecule has 2 aliphatic rings. The van der Waals surface area contributed by atoms with Crippen LogP contribution in [0.2, 0.25) is 10.0 Å². The molecule has 0 atom stereocenters. The maximum atomic E-state index is 11.9. The van der Waals surface area contributed by atoms with Crippen molar-refractivity contribution < 1.29 is 8.42 Å². The van der Waals surface area contributed by atoms with Gasteiger partial charge in [-0.25, -0.2) is 13.4 Å². The van der Waals surface area contributed by atoms with Crippen LogP contribution in [0.25, 0.3) is 0 Å². The highest BCUT2D eigenvalue weighted by atomic mass is 79.9. The Morgan fingerprint density at radius 3 is 2.47 bits per heavy atom. The molecule has 3 N–H and O–H groups in total. The summed E-state index contributed by atoms with van der Waals surface area (Å²) >= 11 is 16.5. The lowest BCUT2D eigenvalue weighted by Gasteiger charge is -2.39. The third kappa shape index (κ3) is 8.43. The molecule has 3 aromatic rings. The summed E-state index contributed by atoms with van der Waals surface area (Å²) in [4.78, 5) is 16.6. The van der Waals surface area contributed by atoms with Gasteiger partial charge in [-0.15, -0.1) is 0 Å². The van der Waals surface area contributed by atoms with E-state index in [2.05, 4.69) is 69.9 Å². The van der Waals surface area contributed by atoms with Crippen LogP contribution >= 0.6 is 39.1 Å². The van der Waals surface area contributed by atoms with Gasteiger partial charge in [0.1, 0.15) is 5.82 Å². The van der Waals surface area contributed by atoms with Gasteiger partial charge >= 0.3 is 0 Å². The number of sulfonamides is 1. The number of rotatable bonds is 8. The highest BCUT2D eigenvalue weighted by molar-refractivity contribution is 9.10. The molecule has 0 unspecified atom stereocenters. The fourth-order valence-electron chi connectivity index (χ4n) is 5.68. The van der Waals surface area contributed by atoms with Crippen LogP contribution in [-0.4, -0.2) is 86.8 Å². The van der Waals surface area contributed by atoms with E-state index in [-0.39, 0.29) is 0 Å². The van der Waals surface area contributed by atoms with E-state index < -0.39 is 10.0 Å². The van der Waals surface area contributed by atoms with Gasteiger partial charge in [-0.3, -0.25) is 9.62 Å². The molecule has 0 aliphatic carbocycles. The van der Waals surface area contributed by atoms with Gasteiger partial charge < -0.3 is 20.4 Å². The molecule has 5 rings (SSSR count). The van der Waals surface area contributed by atoms with Crippen molar-refractivity contribution in [1.29, 1.82) is 0 Å². The molecule has 10 nitrogen and oxygen atoms in total. The van der Waals surface area contributed by atoms with E-state index in [4.69, 9.17) is 23.2 Å². The zero-order valence-corrected chi connectivity index (χ0v) is 28.4. The van der Waals surface area contributed by atoms with E-state index in [1.54, 1.807) is 24.4 Å². The van der Waals surface area contributed by atoms with Crippen LogP contribution in [0.3, 0.4) is 0 Å². The van der Waals surface area contributed by atoms with E-state index in [9.17, 15) is 8.42 Å². The van der Waals surface area contributed by atoms with E-state index in [0.29, 0.717) is 49.4 Å². The number of aryl methyl sites for hydroxylation is 1. The monoisotopic (exact) mass is 710 g/mol. The van der Waals surface area contributed by atoms with Crippen LogP contribution in [0.4, 0.5) is 34.5 Å². The minimum Gasteiger partial charge on any atom is -0.371 e. The summed E-state index contributed by atoms with van der Waals surface area (Å²) in [6.07, 6.45) is 6.23. The number of anilines is 6. The second-order valence-corrected chi connectivity index (χ2v) is 14.7. The quantitative estimate of drug-likeness (QED) is 0.248. The highest BCUT2D eigenvalue weighted by Crippen LogP contribution is 2.36.